The summed E-state index contributed by atoms with van der Waals surface area (Å²) in [7, 11) is 0. The van der Waals surface area contributed by atoms with Gasteiger partial charge in [-0.3, -0.25) is 9.59 Å². The van der Waals surface area contributed by atoms with Crippen LogP contribution in [0.3, 0.4) is 0 Å². The Hall–Kier alpha value is -0.820. The molecule has 0 radical (unpaired) electrons. The van der Waals surface area contributed by atoms with Gasteiger partial charge in [-0.1, -0.05) is 23.2 Å². The lowest BCUT2D eigenvalue weighted by atomic mass is 10.0. The minimum absolute atomic E-state index is 0.0968. The maximum absolute atomic E-state index is 12.6. The largest absolute Gasteiger partial charge is 0.337 e. The Kier molecular flexibility index (Phi) is 4.92. The molecule has 2 fully saturated rings. The summed E-state index contributed by atoms with van der Waals surface area (Å²) in [4.78, 5) is 28.3. The van der Waals surface area contributed by atoms with E-state index < -0.39 is 0 Å². The van der Waals surface area contributed by atoms with E-state index in [9.17, 15) is 9.59 Å². The summed E-state index contributed by atoms with van der Waals surface area (Å²) in [6, 6.07) is 1.72. The van der Waals surface area contributed by atoms with Gasteiger partial charge in [0.25, 0.3) is 5.91 Å². The van der Waals surface area contributed by atoms with Crippen molar-refractivity contribution in [2.45, 2.75) is 18.9 Å². The van der Waals surface area contributed by atoms with E-state index in [1.54, 1.807) is 11.0 Å². The topological polar surface area (TPSA) is 52.7 Å². The predicted octanol–water partition coefficient (Wildman–Crippen LogP) is 2.09. The van der Waals surface area contributed by atoms with Crippen molar-refractivity contribution >= 4 is 46.4 Å². The number of nitrogens with one attached hydrogen (secondary N) is 1. The number of carbonyl (C=O) groups excluding carboxylic acids is 2. The predicted molar refractivity (Wildman–Crippen MR) is 87.8 cm³/mol. The highest BCUT2D eigenvalue weighted by Gasteiger charge is 2.32. The monoisotopic (exact) mass is 361 g/mol. The summed E-state index contributed by atoms with van der Waals surface area (Å²) in [5, 5.41) is 3.07. The van der Waals surface area contributed by atoms with Crippen molar-refractivity contribution in [2.24, 2.45) is 0 Å². The van der Waals surface area contributed by atoms with Crippen LogP contribution in [0.15, 0.2) is 6.07 Å². The first-order valence-corrected chi connectivity index (χ1v) is 8.88. The molecule has 1 N–H and O–H groups in total. The van der Waals surface area contributed by atoms with Gasteiger partial charge in [-0.2, -0.15) is 0 Å². The van der Waals surface area contributed by atoms with Gasteiger partial charge in [0.1, 0.15) is 4.34 Å². The Labute approximate surface area is 143 Å². The van der Waals surface area contributed by atoms with Crippen molar-refractivity contribution in [3.8, 4) is 0 Å². The summed E-state index contributed by atoms with van der Waals surface area (Å²) in [6.45, 7) is 3.16. The van der Waals surface area contributed by atoms with Gasteiger partial charge in [0.2, 0.25) is 5.91 Å². The second kappa shape index (κ2) is 6.74. The highest BCUT2D eigenvalue weighted by Crippen LogP contribution is 2.32. The van der Waals surface area contributed by atoms with Crippen LogP contribution < -0.4 is 5.32 Å². The van der Waals surface area contributed by atoms with Gasteiger partial charge in [-0.25, -0.2) is 0 Å². The van der Waals surface area contributed by atoms with Crippen molar-refractivity contribution in [3.05, 3.63) is 20.3 Å². The number of carbonyl (C=O) groups is 2. The minimum Gasteiger partial charge on any atom is -0.337 e. The molecule has 1 aromatic rings. The average molecular weight is 362 g/mol. The van der Waals surface area contributed by atoms with Crippen molar-refractivity contribution in [2.75, 3.05) is 32.7 Å². The van der Waals surface area contributed by atoms with Crippen molar-refractivity contribution in [1.82, 2.24) is 15.1 Å². The smallest absolute Gasteiger partial charge is 0.256 e. The number of amides is 2. The van der Waals surface area contributed by atoms with Crippen molar-refractivity contribution in [3.63, 3.8) is 0 Å². The Morgan fingerprint density at radius 3 is 2.86 bits per heavy atom. The third kappa shape index (κ3) is 3.25. The van der Waals surface area contributed by atoms with E-state index in [-0.39, 0.29) is 17.9 Å². The molecular weight excluding hydrogens is 345 g/mol. The quantitative estimate of drug-likeness (QED) is 0.877. The number of likely N-dealkylation sites (tertiary alicyclic amines) is 1. The van der Waals surface area contributed by atoms with Crippen molar-refractivity contribution in [1.29, 1.82) is 0 Å². The summed E-state index contributed by atoms with van der Waals surface area (Å²) >= 11 is 13.2. The zero-order chi connectivity index (χ0) is 15.7. The fraction of sp³-hybridized carbons (Fsp3) is 0.571. The molecule has 2 saturated heterocycles. The molecule has 8 heteroatoms. The van der Waals surface area contributed by atoms with Crippen LogP contribution in [0.5, 0.6) is 0 Å². The zero-order valence-electron chi connectivity index (χ0n) is 12.0. The SMILES string of the molecule is O=C(c1cc(Cl)sc1Cl)N1CCCC(N2CCNCC2=O)C1. The number of thiophene rings is 1. The van der Waals surface area contributed by atoms with Crippen LogP contribution in [0, 0.1) is 0 Å². The fourth-order valence-electron chi connectivity index (χ4n) is 3.06. The molecule has 2 aliphatic rings. The molecule has 1 atom stereocenters. The summed E-state index contributed by atoms with van der Waals surface area (Å²) in [5.74, 6) is 0.0163. The first-order valence-electron chi connectivity index (χ1n) is 7.30. The Bertz CT molecular complexity index is 593. The number of piperidine rings is 1. The maximum atomic E-state index is 12.6. The summed E-state index contributed by atoms with van der Waals surface area (Å²) in [6.07, 6.45) is 1.83. The molecule has 22 heavy (non-hydrogen) atoms. The number of piperazine rings is 1. The average Bonchev–Trinajstić information content (AvgIpc) is 2.86. The molecule has 3 rings (SSSR count). The molecule has 120 valence electrons. The Morgan fingerprint density at radius 2 is 2.18 bits per heavy atom. The lowest BCUT2D eigenvalue weighted by Crippen LogP contribution is -2.57. The molecule has 0 bridgehead atoms. The van der Waals surface area contributed by atoms with E-state index in [0.29, 0.717) is 40.4 Å². The first-order chi connectivity index (χ1) is 10.6. The van der Waals surface area contributed by atoms with Gasteiger partial charge in [-0.05, 0) is 18.9 Å². The van der Waals surface area contributed by atoms with E-state index in [4.69, 9.17) is 23.2 Å². The first kappa shape index (κ1) is 16.1. The standard InChI is InChI=1S/C14H17Cl2N3O2S/c15-11-6-10(13(16)22-11)14(21)18-4-1-2-9(8-18)19-5-3-17-7-12(19)20/h6,9,17H,1-5,7-8H2. The lowest BCUT2D eigenvalue weighted by molar-refractivity contribution is -0.135. The van der Waals surface area contributed by atoms with Gasteiger partial charge in [0, 0.05) is 32.2 Å². The third-order valence-corrected chi connectivity index (χ3v) is 5.63. The van der Waals surface area contributed by atoms with Crippen LogP contribution in [0.2, 0.25) is 8.67 Å². The molecule has 0 aromatic carbocycles. The third-order valence-electron chi connectivity index (χ3n) is 4.14. The Morgan fingerprint density at radius 1 is 1.36 bits per heavy atom. The van der Waals surface area contributed by atoms with Gasteiger partial charge >= 0.3 is 0 Å². The van der Waals surface area contributed by atoms with Gasteiger partial charge in [0.05, 0.1) is 16.4 Å². The number of hydrogen-bond acceptors (Lipinski definition) is 4. The molecule has 2 aliphatic heterocycles. The van der Waals surface area contributed by atoms with Crippen LogP contribution in [0.25, 0.3) is 0 Å². The van der Waals surface area contributed by atoms with E-state index in [2.05, 4.69) is 5.32 Å². The molecule has 0 spiro atoms. The summed E-state index contributed by atoms with van der Waals surface area (Å²) < 4.78 is 0.939. The number of hydrogen-bond donors (Lipinski definition) is 1. The second-order valence-electron chi connectivity index (χ2n) is 5.55. The fourth-order valence-corrected chi connectivity index (χ4v) is 4.51. The highest BCUT2D eigenvalue weighted by atomic mass is 35.5. The molecule has 2 amide bonds. The molecule has 3 heterocycles. The van der Waals surface area contributed by atoms with Gasteiger partial charge in [0.15, 0.2) is 0 Å². The van der Waals surface area contributed by atoms with Crippen LogP contribution in [-0.2, 0) is 4.79 Å². The van der Waals surface area contributed by atoms with Gasteiger partial charge < -0.3 is 15.1 Å². The summed E-state index contributed by atoms with van der Waals surface area (Å²) in [5.41, 5.74) is 0.462. The molecule has 0 aliphatic carbocycles. The molecule has 5 nitrogen and oxygen atoms in total. The minimum atomic E-state index is -0.0968. The zero-order valence-corrected chi connectivity index (χ0v) is 14.3. The van der Waals surface area contributed by atoms with Crippen LogP contribution in [-0.4, -0.2) is 60.4 Å². The Balaban J connectivity index is 1.71. The second-order valence-corrected chi connectivity index (χ2v) is 7.83. The highest BCUT2D eigenvalue weighted by molar-refractivity contribution is 7.20. The molecule has 1 aromatic heterocycles. The van der Waals surface area contributed by atoms with E-state index in [1.165, 1.54) is 11.3 Å². The normalized spacial score (nSPS) is 23.0. The van der Waals surface area contributed by atoms with Crippen LogP contribution >= 0.6 is 34.5 Å². The van der Waals surface area contributed by atoms with Crippen molar-refractivity contribution < 1.29 is 9.59 Å². The van der Waals surface area contributed by atoms with E-state index in [1.807, 2.05) is 4.90 Å². The molecule has 0 saturated carbocycles. The van der Waals surface area contributed by atoms with Crippen LogP contribution in [0.1, 0.15) is 23.2 Å². The van der Waals surface area contributed by atoms with E-state index >= 15 is 0 Å². The van der Waals surface area contributed by atoms with Gasteiger partial charge in [-0.15, -0.1) is 11.3 Å². The number of rotatable bonds is 2. The lowest BCUT2D eigenvalue weighted by Gasteiger charge is -2.41. The number of halogens is 2. The van der Waals surface area contributed by atoms with Crippen LogP contribution in [0.4, 0.5) is 0 Å². The molecule has 1 unspecified atom stereocenters. The van der Waals surface area contributed by atoms with E-state index in [0.717, 1.165) is 19.4 Å². The maximum Gasteiger partial charge on any atom is 0.256 e. The number of nitrogens with zero attached hydrogens (tertiary/aromatic N) is 2. The molecular formula is C14H17Cl2N3O2S.